The monoisotopic (exact) mass is 195 g/mol. The van der Waals surface area contributed by atoms with Crippen LogP contribution in [0, 0.1) is 0 Å². The lowest BCUT2D eigenvalue weighted by molar-refractivity contribution is 0.585. The van der Waals surface area contributed by atoms with Gasteiger partial charge in [-0.25, -0.2) is 4.79 Å². The summed E-state index contributed by atoms with van der Waals surface area (Å²) in [4.78, 5) is 10.6. The Hall–Kier alpha value is -1.13. The molecule has 0 aliphatic heterocycles. The van der Waals surface area contributed by atoms with Crippen LogP contribution in [0.15, 0.2) is 27.4 Å². The van der Waals surface area contributed by atoms with Gasteiger partial charge in [0.2, 0.25) is 0 Å². The second-order valence-corrected chi connectivity index (χ2v) is 3.93. The molecule has 1 atom stereocenters. The molecule has 2 N–H and O–H groups in total. The van der Waals surface area contributed by atoms with Gasteiger partial charge in [-0.15, -0.1) is 0 Å². The summed E-state index contributed by atoms with van der Waals surface area (Å²) in [7, 11) is 0. The average Bonchev–Trinajstić information content (AvgIpc) is 2.42. The van der Waals surface area contributed by atoms with E-state index >= 15 is 0 Å². The summed E-state index contributed by atoms with van der Waals surface area (Å²) in [5.74, 6) is 0. The first-order chi connectivity index (χ1) is 6.16. The number of rotatable bonds is 1. The number of nitrogens with two attached hydrogens (primary N) is 1. The summed E-state index contributed by atoms with van der Waals surface area (Å²) < 4.78 is 5.79. The molecular weight excluding hydrogens is 186 g/mol. The van der Waals surface area contributed by atoms with Crippen molar-refractivity contribution in [3.63, 3.8) is 0 Å². The van der Waals surface area contributed by atoms with E-state index in [0.717, 1.165) is 21.6 Å². The fraction of sp³-hybridized carbons (Fsp3) is 0.222. The summed E-state index contributed by atoms with van der Waals surface area (Å²) in [6, 6.07) is 5.55. The van der Waals surface area contributed by atoms with Gasteiger partial charge in [-0.05, 0) is 24.6 Å². The molecule has 2 rings (SSSR count). The predicted molar refractivity (Wildman–Crippen MR) is 53.0 cm³/mol. The van der Waals surface area contributed by atoms with E-state index in [-0.39, 0.29) is 11.0 Å². The maximum Gasteiger partial charge on any atom is 0.396 e. The highest BCUT2D eigenvalue weighted by molar-refractivity contribution is 7.16. The van der Waals surface area contributed by atoms with Crippen LogP contribution in [0.25, 0.3) is 10.3 Å². The Labute approximate surface area is 78.8 Å². The van der Waals surface area contributed by atoms with E-state index in [4.69, 9.17) is 10.2 Å². The highest BCUT2D eigenvalue weighted by Crippen LogP contribution is 2.20. The maximum atomic E-state index is 10.9. The van der Waals surface area contributed by atoms with Crippen molar-refractivity contribution >= 4 is 21.6 Å². The molecule has 0 amide bonds. The van der Waals surface area contributed by atoms with Crippen molar-refractivity contribution in [1.29, 1.82) is 0 Å². The van der Waals surface area contributed by atoms with Crippen LogP contribution in [0.5, 0.6) is 0 Å². The molecule has 4 heteroatoms. The standard InChI is InChI=1S/C9H9NO2S/c1-5(10)6-2-3-7-8(4-6)13-9(11)12-7/h2-5H,10H2,1H3. The molecule has 0 radical (unpaired) electrons. The Bertz CT molecular complexity index is 484. The third kappa shape index (κ3) is 1.50. The number of hydrogen-bond donors (Lipinski definition) is 1. The van der Waals surface area contributed by atoms with Crippen molar-refractivity contribution in [3.8, 4) is 0 Å². The Balaban J connectivity index is 2.68. The molecule has 0 spiro atoms. The molecule has 1 heterocycles. The quantitative estimate of drug-likeness (QED) is 0.755. The van der Waals surface area contributed by atoms with Crippen LogP contribution < -0.4 is 10.7 Å². The topological polar surface area (TPSA) is 56.2 Å². The second kappa shape index (κ2) is 2.97. The highest BCUT2D eigenvalue weighted by atomic mass is 32.1. The third-order valence-electron chi connectivity index (χ3n) is 1.88. The number of benzene rings is 1. The Kier molecular flexibility index (Phi) is 1.94. The summed E-state index contributed by atoms with van der Waals surface area (Å²) in [5, 5.41) is 0. The lowest BCUT2D eigenvalue weighted by Gasteiger charge is -2.03. The Morgan fingerprint density at radius 2 is 2.31 bits per heavy atom. The fourth-order valence-electron chi connectivity index (χ4n) is 1.17. The Morgan fingerprint density at radius 3 is 3.00 bits per heavy atom. The summed E-state index contributed by atoms with van der Waals surface area (Å²) in [6.07, 6.45) is 0. The van der Waals surface area contributed by atoms with E-state index in [1.807, 2.05) is 19.1 Å². The van der Waals surface area contributed by atoms with Crippen LogP contribution in [0.1, 0.15) is 18.5 Å². The van der Waals surface area contributed by atoms with Gasteiger partial charge in [-0.2, -0.15) is 0 Å². The molecule has 1 aromatic heterocycles. The van der Waals surface area contributed by atoms with Crippen LogP contribution in [-0.2, 0) is 0 Å². The van der Waals surface area contributed by atoms with Gasteiger partial charge < -0.3 is 10.2 Å². The van der Waals surface area contributed by atoms with Crippen molar-refractivity contribution < 1.29 is 4.42 Å². The summed E-state index contributed by atoms with van der Waals surface area (Å²) in [5.41, 5.74) is 7.36. The first kappa shape index (κ1) is 8.47. The van der Waals surface area contributed by atoms with Crippen molar-refractivity contribution in [1.82, 2.24) is 0 Å². The molecule has 68 valence electrons. The van der Waals surface area contributed by atoms with Crippen molar-refractivity contribution in [2.45, 2.75) is 13.0 Å². The molecule has 2 aromatic rings. The van der Waals surface area contributed by atoms with Gasteiger partial charge in [0.25, 0.3) is 0 Å². The zero-order valence-corrected chi connectivity index (χ0v) is 7.93. The smallest absolute Gasteiger partial charge is 0.396 e. The van der Waals surface area contributed by atoms with Gasteiger partial charge in [0.1, 0.15) is 5.58 Å². The number of hydrogen-bond acceptors (Lipinski definition) is 4. The Morgan fingerprint density at radius 1 is 1.54 bits per heavy atom. The fourth-order valence-corrected chi connectivity index (χ4v) is 1.89. The van der Waals surface area contributed by atoms with Gasteiger partial charge in [-0.1, -0.05) is 17.4 Å². The van der Waals surface area contributed by atoms with E-state index < -0.39 is 0 Å². The minimum absolute atomic E-state index is 0.0124. The SMILES string of the molecule is CC(N)c1ccc2oc(=O)sc2c1. The average molecular weight is 195 g/mol. The van der Waals surface area contributed by atoms with Crippen LogP contribution >= 0.6 is 11.3 Å². The van der Waals surface area contributed by atoms with Gasteiger partial charge in [0, 0.05) is 6.04 Å². The first-order valence-corrected chi connectivity index (χ1v) is 4.77. The third-order valence-corrected chi connectivity index (χ3v) is 2.67. The van der Waals surface area contributed by atoms with Gasteiger partial charge in [0.15, 0.2) is 0 Å². The molecule has 0 aliphatic rings. The molecule has 0 fully saturated rings. The van der Waals surface area contributed by atoms with Crippen LogP contribution in [0.3, 0.4) is 0 Å². The van der Waals surface area contributed by atoms with E-state index in [9.17, 15) is 4.79 Å². The van der Waals surface area contributed by atoms with Crippen LogP contribution in [0.2, 0.25) is 0 Å². The van der Waals surface area contributed by atoms with E-state index in [2.05, 4.69) is 0 Å². The largest absolute Gasteiger partial charge is 0.414 e. The summed E-state index contributed by atoms with van der Waals surface area (Å²) in [6.45, 7) is 1.91. The van der Waals surface area contributed by atoms with Crippen molar-refractivity contribution in [2.75, 3.05) is 0 Å². The first-order valence-electron chi connectivity index (χ1n) is 3.96. The molecule has 0 aliphatic carbocycles. The molecular formula is C9H9NO2S. The second-order valence-electron chi connectivity index (χ2n) is 2.95. The van der Waals surface area contributed by atoms with E-state index in [0.29, 0.717) is 5.58 Å². The molecule has 0 saturated heterocycles. The number of fused-ring (bicyclic) bond motifs is 1. The minimum Gasteiger partial charge on any atom is -0.414 e. The lowest BCUT2D eigenvalue weighted by atomic mass is 10.1. The van der Waals surface area contributed by atoms with Crippen molar-refractivity contribution in [3.05, 3.63) is 33.5 Å². The minimum atomic E-state index is -0.267. The normalized spacial score (nSPS) is 13.4. The zero-order chi connectivity index (χ0) is 9.42. The molecule has 1 unspecified atom stereocenters. The molecule has 0 saturated carbocycles. The predicted octanol–water partition coefficient (Wildman–Crippen LogP) is 1.87. The van der Waals surface area contributed by atoms with Crippen LogP contribution in [0.4, 0.5) is 0 Å². The summed E-state index contributed by atoms with van der Waals surface area (Å²) >= 11 is 1.11. The maximum absolute atomic E-state index is 10.9. The highest BCUT2D eigenvalue weighted by Gasteiger charge is 2.04. The zero-order valence-electron chi connectivity index (χ0n) is 7.11. The van der Waals surface area contributed by atoms with Gasteiger partial charge >= 0.3 is 4.94 Å². The van der Waals surface area contributed by atoms with Gasteiger partial charge in [-0.3, -0.25) is 0 Å². The van der Waals surface area contributed by atoms with Crippen molar-refractivity contribution in [2.24, 2.45) is 5.73 Å². The lowest BCUT2D eigenvalue weighted by Crippen LogP contribution is -2.03. The molecule has 13 heavy (non-hydrogen) atoms. The van der Waals surface area contributed by atoms with E-state index in [1.54, 1.807) is 6.07 Å². The van der Waals surface area contributed by atoms with Crippen LogP contribution in [-0.4, -0.2) is 0 Å². The van der Waals surface area contributed by atoms with E-state index in [1.165, 1.54) is 0 Å². The molecule has 1 aromatic carbocycles. The molecule has 3 nitrogen and oxygen atoms in total. The van der Waals surface area contributed by atoms with Gasteiger partial charge in [0.05, 0.1) is 4.70 Å². The molecule has 0 bridgehead atoms.